The van der Waals surface area contributed by atoms with Gasteiger partial charge in [0.05, 0.1) is 17.4 Å². The lowest BCUT2D eigenvalue weighted by Crippen LogP contribution is -2.22. The third-order valence-electron chi connectivity index (χ3n) is 2.81. The van der Waals surface area contributed by atoms with Gasteiger partial charge in [-0.2, -0.15) is 10.1 Å². The first-order valence-corrected chi connectivity index (χ1v) is 7.50. The summed E-state index contributed by atoms with van der Waals surface area (Å²) in [7, 11) is 0. The van der Waals surface area contributed by atoms with Crippen LogP contribution in [0.5, 0.6) is 5.75 Å². The molecule has 3 rings (SSSR count). The Morgan fingerprint density at radius 2 is 2.05 bits per heavy atom. The zero-order valence-electron chi connectivity index (χ0n) is 11.2. The molecule has 7 heteroatoms. The number of carbonyl (C=O) groups is 1. The summed E-state index contributed by atoms with van der Waals surface area (Å²) in [5.41, 5.74) is 0.799. The second-order valence-corrected chi connectivity index (χ2v) is 6.02. The van der Waals surface area contributed by atoms with Gasteiger partial charge in [-0.05, 0) is 48.1 Å². The quantitative estimate of drug-likeness (QED) is 0.532. The maximum atomic E-state index is 12.3. The van der Waals surface area contributed by atoms with E-state index in [-0.39, 0.29) is 11.7 Å². The van der Waals surface area contributed by atoms with Crippen LogP contribution in [0.4, 0.5) is 0 Å². The van der Waals surface area contributed by atoms with Crippen LogP contribution in [-0.2, 0) is 4.79 Å². The van der Waals surface area contributed by atoms with E-state index >= 15 is 0 Å². The van der Waals surface area contributed by atoms with Gasteiger partial charge in [0.15, 0.2) is 4.32 Å². The van der Waals surface area contributed by atoms with Crippen LogP contribution in [0, 0.1) is 0 Å². The number of furan rings is 1. The number of nitrogens with zero attached hydrogens (tertiary/aromatic N) is 2. The molecule has 0 atom stereocenters. The summed E-state index contributed by atoms with van der Waals surface area (Å²) in [5, 5.41) is 14.5. The number of phenolic OH excluding ortho intramolecular Hbond substituents is 1. The molecule has 0 aliphatic carbocycles. The number of aromatic hydroxyl groups is 1. The van der Waals surface area contributed by atoms with E-state index < -0.39 is 0 Å². The fourth-order valence-electron chi connectivity index (χ4n) is 1.76. The smallest absolute Gasteiger partial charge is 0.286 e. The van der Waals surface area contributed by atoms with Gasteiger partial charge in [-0.25, -0.2) is 0 Å². The molecular weight excluding hydrogens is 320 g/mol. The van der Waals surface area contributed by atoms with Crippen LogP contribution in [-0.4, -0.2) is 26.6 Å². The molecule has 22 heavy (non-hydrogen) atoms. The minimum atomic E-state index is -0.286. The normalized spacial score (nSPS) is 17.1. The number of benzene rings is 1. The van der Waals surface area contributed by atoms with Gasteiger partial charge in [0.1, 0.15) is 11.5 Å². The molecule has 1 saturated heterocycles. The first-order chi connectivity index (χ1) is 10.6. The molecule has 2 aromatic rings. The Labute approximate surface area is 135 Å². The molecule has 1 fully saturated rings. The molecule has 1 N–H and O–H groups in total. The molecule has 2 heterocycles. The molecule has 0 bridgehead atoms. The van der Waals surface area contributed by atoms with Crippen molar-refractivity contribution in [3.63, 3.8) is 0 Å². The Bertz CT molecular complexity index is 765. The molecule has 0 radical (unpaired) electrons. The maximum absolute atomic E-state index is 12.3. The van der Waals surface area contributed by atoms with E-state index in [4.69, 9.17) is 16.6 Å². The summed E-state index contributed by atoms with van der Waals surface area (Å²) in [6, 6.07) is 10.0. The molecule has 5 nitrogen and oxygen atoms in total. The number of phenols is 1. The van der Waals surface area contributed by atoms with Crippen molar-refractivity contribution < 1.29 is 14.3 Å². The van der Waals surface area contributed by atoms with Crippen LogP contribution in [0.2, 0.25) is 0 Å². The molecule has 0 unspecified atom stereocenters. The maximum Gasteiger partial charge on any atom is 0.286 e. The highest BCUT2D eigenvalue weighted by molar-refractivity contribution is 8.26. The minimum absolute atomic E-state index is 0.174. The molecule has 1 aromatic heterocycles. The summed E-state index contributed by atoms with van der Waals surface area (Å²) in [6.45, 7) is 0. The number of thioether (sulfide) groups is 1. The highest BCUT2D eigenvalue weighted by Crippen LogP contribution is 2.32. The number of hydrazone groups is 1. The fraction of sp³-hybridized carbons (Fsp3) is 0. The standard InChI is InChI=1S/C15H10N2O3S2/c18-11-5-3-10(4-6-11)8-13-14(19)17(15(21)22-13)16-9-12-2-1-7-20-12/h1-9,18H/b13-8+,16-9+. The molecular formula is C15H10N2O3S2. The van der Waals surface area contributed by atoms with Gasteiger partial charge < -0.3 is 9.52 Å². The van der Waals surface area contributed by atoms with Gasteiger partial charge in [0.2, 0.25) is 0 Å². The van der Waals surface area contributed by atoms with E-state index in [0.717, 1.165) is 10.6 Å². The van der Waals surface area contributed by atoms with Crippen LogP contribution in [0.15, 0.2) is 57.1 Å². The van der Waals surface area contributed by atoms with Gasteiger partial charge in [-0.3, -0.25) is 4.79 Å². The zero-order valence-corrected chi connectivity index (χ0v) is 12.8. The number of thiocarbonyl (C=S) groups is 1. The zero-order chi connectivity index (χ0) is 15.5. The summed E-state index contributed by atoms with van der Waals surface area (Å²) >= 11 is 6.35. The highest BCUT2D eigenvalue weighted by Gasteiger charge is 2.32. The lowest BCUT2D eigenvalue weighted by atomic mass is 10.2. The second kappa shape index (κ2) is 6.17. The van der Waals surface area contributed by atoms with Gasteiger partial charge in [0.25, 0.3) is 5.91 Å². The largest absolute Gasteiger partial charge is 0.508 e. The summed E-state index contributed by atoms with van der Waals surface area (Å²) in [6.07, 6.45) is 4.67. The van der Waals surface area contributed by atoms with Crippen LogP contribution in [0.1, 0.15) is 11.3 Å². The number of hydrogen-bond acceptors (Lipinski definition) is 6. The van der Waals surface area contributed by atoms with E-state index in [2.05, 4.69) is 5.10 Å². The average Bonchev–Trinajstić information content (AvgIpc) is 3.10. The monoisotopic (exact) mass is 330 g/mol. The van der Waals surface area contributed by atoms with Crippen molar-refractivity contribution in [3.8, 4) is 5.75 Å². The number of rotatable bonds is 3. The Morgan fingerprint density at radius 1 is 1.27 bits per heavy atom. The molecule has 1 aliphatic rings. The highest BCUT2D eigenvalue weighted by atomic mass is 32.2. The van der Waals surface area contributed by atoms with Crippen molar-refractivity contribution in [3.05, 3.63) is 58.9 Å². The van der Waals surface area contributed by atoms with Gasteiger partial charge in [-0.15, -0.1) is 0 Å². The van der Waals surface area contributed by atoms with Crippen molar-refractivity contribution in [1.82, 2.24) is 5.01 Å². The third-order valence-corrected chi connectivity index (χ3v) is 4.09. The van der Waals surface area contributed by atoms with E-state index in [0.29, 0.717) is 15.0 Å². The predicted molar refractivity (Wildman–Crippen MR) is 89.4 cm³/mol. The minimum Gasteiger partial charge on any atom is -0.508 e. The average molecular weight is 330 g/mol. The Hall–Kier alpha value is -2.38. The number of carbonyl (C=O) groups excluding carboxylic acids is 1. The Balaban J connectivity index is 1.80. The van der Waals surface area contributed by atoms with Gasteiger partial charge >= 0.3 is 0 Å². The van der Waals surface area contributed by atoms with E-state index in [1.54, 1.807) is 42.5 Å². The van der Waals surface area contributed by atoms with E-state index in [9.17, 15) is 9.90 Å². The van der Waals surface area contributed by atoms with Crippen molar-refractivity contribution >= 4 is 46.5 Å². The predicted octanol–water partition coefficient (Wildman–Crippen LogP) is 3.22. The van der Waals surface area contributed by atoms with Crippen molar-refractivity contribution in [2.75, 3.05) is 0 Å². The van der Waals surface area contributed by atoms with Crippen LogP contribution in [0.25, 0.3) is 6.08 Å². The summed E-state index contributed by atoms with van der Waals surface area (Å²) in [4.78, 5) is 12.8. The lowest BCUT2D eigenvalue weighted by Gasteiger charge is -2.05. The molecule has 1 aromatic carbocycles. The molecule has 0 saturated carbocycles. The molecule has 1 aliphatic heterocycles. The lowest BCUT2D eigenvalue weighted by molar-refractivity contribution is -0.122. The first kappa shape index (κ1) is 14.6. The Morgan fingerprint density at radius 3 is 2.73 bits per heavy atom. The van der Waals surface area contributed by atoms with Crippen molar-refractivity contribution in [1.29, 1.82) is 0 Å². The summed E-state index contributed by atoms with van der Waals surface area (Å²) in [5.74, 6) is 0.426. The number of amides is 1. The fourth-order valence-corrected chi connectivity index (χ4v) is 2.93. The first-order valence-electron chi connectivity index (χ1n) is 6.28. The third kappa shape index (κ3) is 3.10. The summed E-state index contributed by atoms with van der Waals surface area (Å²) < 4.78 is 5.48. The van der Waals surface area contributed by atoms with Gasteiger partial charge in [-0.1, -0.05) is 23.9 Å². The molecule has 1 amide bonds. The number of hydrogen-bond donors (Lipinski definition) is 1. The van der Waals surface area contributed by atoms with E-state index in [1.807, 2.05) is 0 Å². The second-order valence-electron chi connectivity index (χ2n) is 4.35. The topological polar surface area (TPSA) is 66.0 Å². The van der Waals surface area contributed by atoms with Crippen LogP contribution in [0.3, 0.4) is 0 Å². The Kier molecular flexibility index (Phi) is 4.08. The molecule has 110 valence electrons. The van der Waals surface area contributed by atoms with Crippen molar-refractivity contribution in [2.24, 2.45) is 5.10 Å². The SMILES string of the molecule is O=C1/C(=C\c2ccc(O)cc2)SC(=S)N1/N=C/c1ccco1. The van der Waals surface area contributed by atoms with Crippen LogP contribution < -0.4 is 0 Å². The van der Waals surface area contributed by atoms with Crippen molar-refractivity contribution in [2.45, 2.75) is 0 Å². The molecule has 0 spiro atoms. The van der Waals surface area contributed by atoms with Gasteiger partial charge in [0, 0.05) is 0 Å². The van der Waals surface area contributed by atoms with E-state index in [1.165, 1.54) is 24.2 Å². The van der Waals surface area contributed by atoms with Crippen LogP contribution >= 0.6 is 24.0 Å².